The van der Waals surface area contributed by atoms with Gasteiger partial charge in [-0.25, -0.2) is 0 Å². The summed E-state index contributed by atoms with van der Waals surface area (Å²) in [4.78, 5) is 8.88. The Bertz CT molecular complexity index is 809. The summed E-state index contributed by atoms with van der Waals surface area (Å²) in [5.41, 5.74) is 1.81. The lowest BCUT2D eigenvalue weighted by molar-refractivity contribution is -0.0514. The Balaban J connectivity index is 1.53. The SMILES string of the molecule is CCOc1cc(CNC(=NC)N2CCN(Cc3ccon3)CC2)ccc1OC(F)F. The monoisotopic (exact) mass is 423 g/mol. The number of benzene rings is 1. The number of guanidine groups is 1. The molecule has 30 heavy (non-hydrogen) atoms. The number of hydrogen-bond donors (Lipinski definition) is 1. The summed E-state index contributed by atoms with van der Waals surface area (Å²) in [5, 5.41) is 7.29. The molecule has 164 valence electrons. The molecule has 0 atom stereocenters. The fourth-order valence-electron chi connectivity index (χ4n) is 3.30. The molecule has 1 aliphatic heterocycles. The van der Waals surface area contributed by atoms with Crippen LogP contribution in [-0.2, 0) is 13.1 Å². The van der Waals surface area contributed by atoms with Gasteiger partial charge in [-0.3, -0.25) is 9.89 Å². The molecular formula is C20H27F2N5O3. The first-order chi connectivity index (χ1) is 14.6. The molecule has 1 aromatic heterocycles. The van der Waals surface area contributed by atoms with Gasteiger partial charge in [-0.15, -0.1) is 0 Å². The molecule has 0 spiro atoms. The highest BCUT2D eigenvalue weighted by Gasteiger charge is 2.20. The Labute approximate surface area is 174 Å². The quantitative estimate of drug-likeness (QED) is 0.517. The van der Waals surface area contributed by atoms with Crippen molar-refractivity contribution in [2.24, 2.45) is 4.99 Å². The zero-order chi connectivity index (χ0) is 21.3. The summed E-state index contributed by atoms with van der Waals surface area (Å²) in [6, 6.07) is 6.81. The molecule has 0 aliphatic carbocycles. The van der Waals surface area contributed by atoms with Crippen molar-refractivity contribution in [3.05, 3.63) is 41.8 Å². The fraction of sp³-hybridized carbons (Fsp3) is 0.500. The van der Waals surface area contributed by atoms with Crippen molar-refractivity contribution in [3.63, 3.8) is 0 Å². The fourth-order valence-corrected chi connectivity index (χ4v) is 3.30. The first-order valence-corrected chi connectivity index (χ1v) is 9.86. The molecule has 1 aromatic carbocycles. The molecule has 0 radical (unpaired) electrons. The largest absolute Gasteiger partial charge is 0.490 e. The van der Waals surface area contributed by atoms with Crippen molar-refractivity contribution in [3.8, 4) is 11.5 Å². The summed E-state index contributed by atoms with van der Waals surface area (Å²) < 4.78 is 40.0. The van der Waals surface area contributed by atoms with Gasteiger partial charge >= 0.3 is 6.61 Å². The predicted molar refractivity (Wildman–Crippen MR) is 108 cm³/mol. The molecule has 2 aromatic rings. The summed E-state index contributed by atoms with van der Waals surface area (Å²) in [6.07, 6.45) is 1.58. The van der Waals surface area contributed by atoms with E-state index in [1.807, 2.05) is 6.07 Å². The highest BCUT2D eigenvalue weighted by molar-refractivity contribution is 5.80. The summed E-state index contributed by atoms with van der Waals surface area (Å²) in [6.45, 7) is 3.97. The molecule has 0 unspecified atom stereocenters. The van der Waals surface area contributed by atoms with Gasteiger partial charge in [0.25, 0.3) is 0 Å². The van der Waals surface area contributed by atoms with E-state index in [2.05, 4.69) is 30.0 Å². The van der Waals surface area contributed by atoms with E-state index in [1.54, 1.807) is 32.4 Å². The third kappa shape index (κ3) is 6.06. The lowest BCUT2D eigenvalue weighted by Gasteiger charge is -2.36. The van der Waals surface area contributed by atoms with Crippen LogP contribution in [0.25, 0.3) is 0 Å². The van der Waals surface area contributed by atoms with Gasteiger partial charge in [0.15, 0.2) is 17.5 Å². The Kier molecular flexibility index (Phi) is 7.83. The molecule has 3 rings (SSSR count). The predicted octanol–water partition coefficient (Wildman–Crippen LogP) is 2.57. The zero-order valence-corrected chi connectivity index (χ0v) is 17.2. The van der Waals surface area contributed by atoms with Crippen molar-refractivity contribution in [2.45, 2.75) is 26.6 Å². The molecule has 1 saturated heterocycles. The number of aliphatic imine (C=N–C) groups is 1. The van der Waals surface area contributed by atoms with Crippen LogP contribution in [0.4, 0.5) is 8.78 Å². The minimum Gasteiger partial charge on any atom is -0.490 e. The van der Waals surface area contributed by atoms with Gasteiger partial charge in [-0.05, 0) is 24.6 Å². The Morgan fingerprint density at radius 3 is 2.67 bits per heavy atom. The summed E-state index contributed by atoms with van der Waals surface area (Å²) >= 11 is 0. The number of alkyl halides is 2. The highest BCUT2D eigenvalue weighted by Crippen LogP contribution is 2.29. The van der Waals surface area contributed by atoms with E-state index in [0.29, 0.717) is 18.9 Å². The maximum absolute atomic E-state index is 12.6. The van der Waals surface area contributed by atoms with Crippen LogP contribution in [0.15, 0.2) is 40.0 Å². The number of piperazine rings is 1. The minimum absolute atomic E-state index is 0.0308. The highest BCUT2D eigenvalue weighted by atomic mass is 19.3. The number of nitrogens with zero attached hydrogens (tertiary/aromatic N) is 4. The molecule has 1 fully saturated rings. The average Bonchev–Trinajstić information content (AvgIpc) is 3.24. The van der Waals surface area contributed by atoms with Crippen LogP contribution < -0.4 is 14.8 Å². The van der Waals surface area contributed by atoms with Crippen molar-refractivity contribution >= 4 is 5.96 Å². The van der Waals surface area contributed by atoms with Crippen LogP contribution in [0.3, 0.4) is 0 Å². The number of nitrogens with one attached hydrogen (secondary N) is 1. The molecule has 8 nitrogen and oxygen atoms in total. The third-order valence-corrected chi connectivity index (χ3v) is 4.74. The van der Waals surface area contributed by atoms with Gasteiger partial charge in [0, 0.05) is 52.4 Å². The van der Waals surface area contributed by atoms with E-state index in [9.17, 15) is 8.78 Å². The van der Waals surface area contributed by atoms with Crippen LogP contribution in [0.2, 0.25) is 0 Å². The first kappa shape index (κ1) is 21.8. The van der Waals surface area contributed by atoms with Crippen molar-refractivity contribution < 1.29 is 22.8 Å². The van der Waals surface area contributed by atoms with E-state index in [1.165, 1.54) is 6.07 Å². The number of rotatable bonds is 8. The normalized spacial score (nSPS) is 15.5. The summed E-state index contributed by atoms with van der Waals surface area (Å²) in [7, 11) is 1.75. The number of ether oxygens (including phenoxy) is 2. The molecule has 0 bridgehead atoms. The Hall–Kier alpha value is -2.88. The standard InChI is InChI=1S/C20H27F2N5O3/c1-3-28-18-12-15(4-5-17(18)30-19(21)22)13-24-20(23-2)27-9-7-26(8-10-27)14-16-6-11-29-25-16/h4-6,11-12,19H,3,7-10,13-14H2,1-2H3,(H,23,24). The van der Waals surface area contributed by atoms with E-state index < -0.39 is 6.61 Å². The first-order valence-electron chi connectivity index (χ1n) is 9.86. The van der Waals surface area contributed by atoms with Gasteiger partial charge in [-0.1, -0.05) is 11.2 Å². The van der Waals surface area contributed by atoms with Crippen LogP contribution in [0, 0.1) is 0 Å². The summed E-state index contributed by atoms with van der Waals surface area (Å²) in [5.74, 6) is 1.12. The van der Waals surface area contributed by atoms with Crippen molar-refractivity contribution in [2.75, 3.05) is 39.8 Å². The molecule has 1 N–H and O–H groups in total. The molecule has 10 heteroatoms. The lowest BCUT2D eigenvalue weighted by Crippen LogP contribution is -2.52. The van der Waals surface area contributed by atoms with Gasteiger partial charge < -0.3 is 24.2 Å². The third-order valence-electron chi connectivity index (χ3n) is 4.74. The van der Waals surface area contributed by atoms with E-state index >= 15 is 0 Å². The maximum Gasteiger partial charge on any atom is 0.387 e. The maximum atomic E-state index is 12.6. The number of aromatic nitrogens is 1. The molecule has 0 saturated carbocycles. The van der Waals surface area contributed by atoms with Crippen LogP contribution in [-0.4, -0.2) is 67.4 Å². The molecular weight excluding hydrogens is 396 g/mol. The zero-order valence-electron chi connectivity index (χ0n) is 17.2. The molecule has 1 aliphatic rings. The van der Waals surface area contributed by atoms with E-state index in [-0.39, 0.29) is 5.75 Å². The smallest absolute Gasteiger partial charge is 0.387 e. The van der Waals surface area contributed by atoms with E-state index in [0.717, 1.165) is 49.9 Å². The molecule has 2 heterocycles. The van der Waals surface area contributed by atoms with Gasteiger partial charge in [0.2, 0.25) is 0 Å². The van der Waals surface area contributed by atoms with Crippen LogP contribution in [0.1, 0.15) is 18.2 Å². The van der Waals surface area contributed by atoms with Crippen LogP contribution in [0.5, 0.6) is 11.5 Å². The Morgan fingerprint density at radius 2 is 2.03 bits per heavy atom. The van der Waals surface area contributed by atoms with Crippen molar-refractivity contribution in [1.82, 2.24) is 20.3 Å². The molecule has 0 amide bonds. The van der Waals surface area contributed by atoms with Gasteiger partial charge in [-0.2, -0.15) is 8.78 Å². The van der Waals surface area contributed by atoms with Crippen molar-refractivity contribution in [1.29, 1.82) is 0 Å². The second-order valence-corrected chi connectivity index (χ2v) is 6.75. The second-order valence-electron chi connectivity index (χ2n) is 6.75. The van der Waals surface area contributed by atoms with Crippen LogP contribution >= 0.6 is 0 Å². The average molecular weight is 423 g/mol. The van der Waals surface area contributed by atoms with E-state index in [4.69, 9.17) is 9.26 Å². The minimum atomic E-state index is -2.89. The second kappa shape index (κ2) is 10.8. The Morgan fingerprint density at radius 1 is 1.23 bits per heavy atom. The lowest BCUT2D eigenvalue weighted by atomic mass is 10.2. The van der Waals surface area contributed by atoms with Gasteiger partial charge in [0.1, 0.15) is 6.26 Å². The topological polar surface area (TPSA) is 75.4 Å². The number of halogens is 2. The number of hydrogen-bond acceptors (Lipinski definition) is 6. The van der Waals surface area contributed by atoms with Gasteiger partial charge in [0.05, 0.1) is 12.3 Å².